The first kappa shape index (κ1) is 25.3. The van der Waals surface area contributed by atoms with E-state index in [1.165, 1.54) is 12.1 Å². The Bertz CT molecular complexity index is 1170. The molecule has 3 aromatic carbocycles. The largest absolute Gasteiger partial charge is 0.513 e. The monoisotopic (exact) mass is 476 g/mol. The third kappa shape index (κ3) is 7.89. The van der Waals surface area contributed by atoms with Crippen molar-refractivity contribution in [2.24, 2.45) is 0 Å². The summed E-state index contributed by atoms with van der Waals surface area (Å²) in [4.78, 5) is 35.9. The van der Waals surface area contributed by atoms with E-state index in [1.807, 2.05) is 44.2 Å². The molecule has 0 radical (unpaired) electrons. The zero-order valence-corrected chi connectivity index (χ0v) is 19.9. The van der Waals surface area contributed by atoms with Crippen LogP contribution in [0.4, 0.5) is 10.5 Å². The number of carbonyl (C=O) groups excluding carboxylic acids is 3. The van der Waals surface area contributed by atoms with Crippen LogP contribution in [0.1, 0.15) is 34.0 Å². The van der Waals surface area contributed by atoms with E-state index in [-0.39, 0.29) is 30.8 Å². The lowest BCUT2D eigenvalue weighted by Gasteiger charge is -2.11. The molecule has 2 N–H and O–H groups in total. The Morgan fingerprint density at radius 1 is 0.886 bits per heavy atom. The van der Waals surface area contributed by atoms with Crippen molar-refractivity contribution >= 4 is 23.7 Å². The zero-order valence-electron chi connectivity index (χ0n) is 19.9. The van der Waals surface area contributed by atoms with Gasteiger partial charge < -0.3 is 24.8 Å². The molecule has 0 aliphatic rings. The minimum absolute atomic E-state index is 0.0678. The second-order valence-electron chi connectivity index (χ2n) is 7.79. The van der Waals surface area contributed by atoms with E-state index in [2.05, 4.69) is 10.6 Å². The maximum absolute atomic E-state index is 12.5. The van der Waals surface area contributed by atoms with Crippen molar-refractivity contribution in [1.29, 1.82) is 0 Å². The molecule has 182 valence electrons. The second kappa shape index (κ2) is 12.2. The molecule has 0 spiro atoms. The minimum atomic E-state index is -0.796. The van der Waals surface area contributed by atoms with Crippen LogP contribution < -0.4 is 20.1 Å². The Morgan fingerprint density at radius 3 is 2.26 bits per heavy atom. The normalized spacial score (nSPS) is 10.3. The summed E-state index contributed by atoms with van der Waals surface area (Å²) in [5.41, 5.74) is 4.01. The van der Waals surface area contributed by atoms with E-state index >= 15 is 0 Å². The number of hydrogen-bond donors (Lipinski definition) is 2. The van der Waals surface area contributed by atoms with Gasteiger partial charge in [0.25, 0.3) is 11.8 Å². The van der Waals surface area contributed by atoms with Gasteiger partial charge in [0.2, 0.25) is 0 Å². The summed E-state index contributed by atoms with van der Waals surface area (Å²) in [6.45, 7) is 6.11. The lowest BCUT2D eigenvalue weighted by molar-refractivity contribution is -0.123. The topological polar surface area (TPSA) is 103 Å². The average Bonchev–Trinajstić information content (AvgIpc) is 2.83. The molecule has 35 heavy (non-hydrogen) atoms. The van der Waals surface area contributed by atoms with Gasteiger partial charge in [-0.2, -0.15) is 0 Å². The van der Waals surface area contributed by atoms with Crippen molar-refractivity contribution in [3.8, 4) is 11.5 Å². The minimum Gasteiger partial charge on any atom is -0.484 e. The Kier molecular flexibility index (Phi) is 8.83. The third-order valence-electron chi connectivity index (χ3n) is 4.97. The highest BCUT2D eigenvalue weighted by Gasteiger charge is 2.10. The lowest BCUT2D eigenvalue weighted by atomic mass is 10.1. The van der Waals surface area contributed by atoms with Crippen LogP contribution in [0.15, 0.2) is 66.7 Å². The molecule has 0 aliphatic carbocycles. The van der Waals surface area contributed by atoms with E-state index in [9.17, 15) is 14.4 Å². The van der Waals surface area contributed by atoms with E-state index in [0.717, 1.165) is 16.7 Å². The number of benzene rings is 3. The van der Waals surface area contributed by atoms with Crippen molar-refractivity contribution in [3.05, 3.63) is 89.0 Å². The third-order valence-corrected chi connectivity index (χ3v) is 4.97. The molecule has 8 heteroatoms. The SMILES string of the molecule is CCOC(=O)Oc1ccc(C(=O)Nc2ccc(CNC(=O)COc3ccc(C)cc3C)cc2)cc1. The number of anilines is 1. The number of ether oxygens (including phenoxy) is 3. The van der Waals surface area contributed by atoms with Crippen molar-refractivity contribution in [3.63, 3.8) is 0 Å². The van der Waals surface area contributed by atoms with Crippen LogP contribution in [0.25, 0.3) is 0 Å². The molecule has 3 aromatic rings. The van der Waals surface area contributed by atoms with Crippen LogP contribution in [0.5, 0.6) is 11.5 Å². The van der Waals surface area contributed by atoms with Gasteiger partial charge in [0.15, 0.2) is 6.61 Å². The Labute approximate surface area is 204 Å². The van der Waals surface area contributed by atoms with Gasteiger partial charge in [0.05, 0.1) is 6.61 Å². The summed E-state index contributed by atoms with van der Waals surface area (Å²) in [7, 11) is 0. The lowest BCUT2D eigenvalue weighted by Crippen LogP contribution is -2.28. The van der Waals surface area contributed by atoms with E-state index in [1.54, 1.807) is 31.2 Å². The smallest absolute Gasteiger partial charge is 0.484 e. The molecule has 0 saturated carbocycles. The predicted molar refractivity (Wildman–Crippen MR) is 132 cm³/mol. The van der Waals surface area contributed by atoms with Gasteiger partial charge >= 0.3 is 6.16 Å². The summed E-state index contributed by atoms with van der Waals surface area (Å²) in [6, 6.07) is 19.1. The summed E-state index contributed by atoms with van der Waals surface area (Å²) in [5.74, 6) is 0.438. The predicted octanol–water partition coefficient (Wildman–Crippen LogP) is 4.79. The molecule has 2 amide bonds. The van der Waals surface area contributed by atoms with Crippen molar-refractivity contribution in [2.45, 2.75) is 27.3 Å². The molecule has 0 bridgehead atoms. The highest BCUT2D eigenvalue weighted by atomic mass is 16.7. The van der Waals surface area contributed by atoms with Crippen LogP contribution in [0.3, 0.4) is 0 Å². The molecule has 0 heterocycles. The maximum Gasteiger partial charge on any atom is 0.513 e. The molecular formula is C27H28N2O6. The van der Waals surface area contributed by atoms with E-state index < -0.39 is 6.16 Å². The molecule has 0 atom stereocenters. The van der Waals surface area contributed by atoms with Gasteiger partial charge in [-0.25, -0.2) is 4.79 Å². The summed E-state index contributed by atoms with van der Waals surface area (Å²) < 4.78 is 15.3. The number of hydrogen-bond acceptors (Lipinski definition) is 6. The molecule has 0 fully saturated rings. The highest BCUT2D eigenvalue weighted by molar-refractivity contribution is 6.04. The fourth-order valence-electron chi connectivity index (χ4n) is 3.18. The van der Waals surface area contributed by atoms with E-state index in [4.69, 9.17) is 14.2 Å². The average molecular weight is 477 g/mol. The standard InChI is InChI=1S/C27H28N2O6/c1-4-33-27(32)35-23-12-8-21(9-13-23)26(31)29-22-10-6-20(7-11-22)16-28-25(30)17-34-24-14-5-18(2)15-19(24)3/h5-15H,4,16-17H2,1-3H3,(H,28,30)(H,29,31). The van der Waals surface area contributed by atoms with Gasteiger partial charge in [0, 0.05) is 17.8 Å². The molecule has 0 aromatic heterocycles. The van der Waals surface area contributed by atoms with Gasteiger partial charge in [-0.05, 0) is 74.4 Å². The molecule has 3 rings (SSSR count). The van der Waals surface area contributed by atoms with Gasteiger partial charge in [0.1, 0.15) is 11.5 Å². The molecular weight excluding hydrogens is 448 g/mol. The maximum atomic E-state index is 12.5. The number of carbonyl (C=O) groups is 3. The Balaban J connectivity index is 1.45. The van der Waals surface area contributed by atoms with Crippen LogP contribution in [0.2, 0.25) is 0 Å². The fraction of sp³-hybridized carbons (Fsp3) is 0.222. The second-order valence-corrected chi connectivity index (χ2v) is 7.79. The molecule has 8 nitrogen and oxygen atoms in total. The number of nitrogens with one attached hydrogen (secondary N) is 2. The molecule has 0 unspecified atom stereocenters. The van der Waals surface area contributed by atoms with E-state index in [0.29, 0.717) is 23.5 Å². The van der Waals surface area contributed by atoms with Gasteiger partial charge in [-0.15, -0.1) is 0 Å². The highest BCUT2D eigenvalue weighted by Crippen LogP contribution is 2.19. The molecule has 0 aliphatic heterocycles. The van der Waals surface area contributed by atoms with Crippen LogP contribution in [0, 0.1) is 13.8 Å². The van der Waals surface area contributed by atoms with Crippen molar-refractivity contribution in [2.75, 3.05) is 18.5 Å². The first-order valence-electron chi connectivity index (χ1n) is 11.2. The quantitative estimate of drug-likeness (QED) is 0.340. The number of amides is 2. The summed E-state index contributed by atoms with van der Waals surface area (Å²) in [6.07, 6.45) is -0.796. The van der Waals surface area contributed by atoms with Crippen LogP contribution in [-0.4, -0.2) is 31.2 Å². The summed E-state index contributed by atoms with van der Waals surface area (Å²) in [5, 5.41) is 5.62. The Morgan fingerprint density at radius 2 is 1.60 bits per heavy atom. The molecule has 0 saturated heterocycles. The number of aryl methyl sites for hydroxylation is 2. The first-order valence-corrected chi connectivity index (χ1v) is 11.2. The first-order chi connectivity index (χ1) is 16.8. The van der Waals surface area contributed by atoms with Crippen molar-refractivity contribution < 1.29 is 28.6 Å². The number of rotatable bonds is 9. The van der Waals surface area contributed by atoms with Crippen LogP contribution >= 0.6 is 0 Å². The van der Waals surface area contributed by atoms with Crippen LogP contribution in [-0.2, 0) is 16.1 Å². The zero-order chi connectivity index (χ0) is 25.2. The summed E-state index contributed by atoms with van der Waals surface area (Å²) >= 11 is 0. The fourth-order valence-corrected chi connectivity index (χ4v) is 3.18. The Hall–Kier alpha value is -4.33. The van der Waals surface area contributed by atoms with Gasteiger partial charge in [-0.3, -0.25) is 9.59 Å². The van der Waals surface area contributed by atoms with Crippen molar-refractivity contribution in [1.82, 2.24) is 5.32 Å². The van der Waals surface area contributed by atoms with Gasteiger partial charge in [-0.1, -0.05) is 29.8 Å².